The molecule has 0 saturated carbocycles. The number of nitrogens with zero attached hydrogens (tertiary/aromatic N) is 3. The number of aryl methyl sites for hydroxylation is 1. The summed E-state index contributed by atoms with van der Waals surface area (Å²) in [5, 5.41) is 4.15. The Kier molecular flexibility index (Phi) is 5.86. The lowest BCUT2D eigenvalue weighted by Crippen LogP contribution is -2.47. The topological polar surface area (TPSA) is 76.9 Å². The van der Waals surface area contributed by atoms with Crippen LogP contribution in [-0.2, 0) is 24.1 Å². The Bertz CT molecular complexity index is 503. The maximum Gasteiger partial charge on any atom is 0.191 e. The van der Waals surface area contributed by atoms with E-state index >= 15 is 0 Å². The van der Waals surface area contributed by atoms with E-state index in [-0.39, 0.29) is 30.1 Å². The second-order valence-electron chi connectivity index (χ2n) is 5.54. The van der Waals surface area contributed by atoms with Gasteiger partial charge in [-0.25, -0.2) is 4.99 Å². The summed E-state index contributed by atoms with van der Waals surface area (Å²) in [7, 11) is 0. The molecule has 21 heavy (non-hydrogen) atoms. The number of guanidine groups is 1. The van der Waals surface area contributed by atoms with Crippen molar-refractivity contribution < 1.29 is 9.26 Å². The number of fused-ring (bicyclic) bond motifs is 1. The summed E-state index contributed by atoms with van der Waals surface area (Å²) in [6.45, 7) is 4.86. The molecule has 1 aromatic heterocycles. The van der Waals surface area contributed by atoms with E-state index in [2.05, 4.69) is 15.0 Å². The molecule has 2 aliphatic rings. The Morgan fingerprint density at radius 1 is 1.43 bits per heavy atom. The molecule has 1 aromatic rings. The van der Waals surface area contributed by atoms with Crippen molar-refractivity contribution in [1.29, 1.82) is 0 Å². The van der Waals surface area contributed by atoms with Crippen LogP contribution in [0.3, 0.4) is 0 Å². The van der Waals surface area contributed by atoms with Gasteiger partial charge in [0.1, 0.15) is 11.5 Å². The van der Waals surface area contributed by atoms with E-state index in [0.29, 0.717) is 19.1 Å². The van der Waals surface area contributed by atoms with E-state index in [1.54, 1.807) is 0 Å². The monoisotopic (exact) mass is 406 g/mol. The zero-order valence-corrected chi connectivity index (χ0v) is 14.7. The predicted molar refractivity (Wildman–Crippen MR) is 90.9 cm³/mol. The SMILES string of the molecule is CC1CN(C(N)=NCc2noc3c2CCCC3)CCO1.I. The van der Waals surface area contributed by atoms with Crippen molar-refractivity contribution in [1.82, 2.24) is 10.1 Å². The van der Waals surface area contributed by atoms with Crippen molar-refractivity contribution in [2.45, 2.75) is 45.3 Å². The third-order valence-electron chi connectivity index (χ3n) is 3.99. The molecule has 1 unspecified atom stereocenters. The first-order chi connectivity index (χ1) is 9.74. The van der Waals surface area contributed by atoms with Crippen molar-refractivity contribution in [3.63, 3.8) is 0 Å². The smallest absolute Gasteiger partial charge is 0.191 e. The van der Waals surface area contributed by atoms with Gasteiger partial charge in [0, 0.05) is 25.1 Å². The number of hydrogen-bond donors (Lipinski definition) is 1. The van der Waals surface area contributed by atoms with Crippen molar-refractivity contribution in [2.24, 2.45) is 10.7 Å². The number of aromatic nitrogens is 1. The third-order valence-corrected chi connectivity index (χ3v) is 3.99. The number of aliphatic imine (C=N–C) groups is 1. The molecule has 0 spiro atoms. The zero-order chi connectivity index (χ0) is 13.9. The van der Waals surface area contributed by atoms with Crippen LogP contribution in [-0.4, -0.2) is 41.8 Å². The molecule has 6 nitrogen and oxygen atoms in total. The molecule has 0 bridgehead atoms. The molecule has 1 atom stereocenters. The molecule has 118 valence electrons. The van der Waals surface area contributed by atoms with Gasteiger partial charge in [-0.3, -0.25) is 0 Å². The number of ether oxygens (including phenoxy) is 1. The third kappa shape index (κ3) is 3.88. The fourth-order valence-electron chi connectivity index (χ4n) is 2.86. The van der Waals surface area contributed by atoms with E-state index in [1.807, 2.05) is 6.92 Å². The molecule has 7 heteroatoms. The van der Waals surface area contributed by atoms with E-state index < -0.39 is 0 Å². The van der Waals surface area contributed by atoms with Crippen LogP contribution in [0, 0.1) is 0 Å². The highest BCUT2D eigenvalue weighted by atomic mass is 127. The fraction of sp³-hybridized carbons (Fsp3) is 0.714. The summed E-state index contributed by atoms with van der Waals surface area (Å²) in [5.74, 6) is 1.62. The lowest BCUT2D eigenvalue weighted by Gasteiger charge is -2.31. The van der Waals surface area contributed by atoms with Crippen molar-refractivity contribution in [3.05, 3.63) is 17.0 Å². The standard InChI is InChI=1S/C14H22N4O2.HI/c1-10-9-18(6-7-19-10)14(15)16-8-12-11-4-2-3-5-13(11)20-17-12;/h10H,2-9H2,1H3,(H2,15,16);1H. The van der Waals surface area contributed by atoms with Crippen molar-refractivity contribution >= 4 is 29.9 Å². The number of halogens is 1. The van der Waals surface area contributed by atoms with Gasteiger partial charge in [-0.2, -0.15) is 0 Å². The highest BCUT2D eigenvalue weighted by molar-refractivity contribution is 14.0. The van der Waals surface area contributed by atoms with E-state index in [0.717, 1.165) is 37.4 Å². The molecule has 0 amide bonds. The molecule has 2 heterocycles. The summed E-state index contributed by atoms with van der Waals surface area (Å²) in [6, 6.07) is 0. The number of nitrogens with two attached hydrogens (primary N) is 1. The predicted octanol–water partition coefficient (Wildman–Crippen LogP) is 1.71. The summed E-state index contributed by atoms with van der Waals surface area (Å²) in [5.41, 5.74) is 8.27. The Morgan fingerprint density at radius 2 is 2.24 bits per heavy atom. The summed E-state index contributed by atoms with van der Waals surface area (Å²) >= 11 is 0. The van der Waals surface area contributed by atoms with Crippen LogP contribution < -0.4 is 5.73 Å². The second-order valence-corrected chi connectivity index (χ2v) is 5.54. The highest BCUT2D eigenvalue weighted by Crippen LogP contribution is 2.24. The maximum absolute atomic E-state index is 6.07. The molecular formula is C14H23IN4O2. The van der Waals surface area contributed by atoms with E-state index in [1.165, 1.54) is 18.4 Å². The van der Waals surface area contributed by atoms with Crippen LogP contribution in [0.25, 0.3) is 0 Å². The molecule has 0 radical (unpaired) electrons. The van der Waals surface area contributed by atoms with E-state index in [9.17, 15) is 0 Å². The average molecular weight is 406 g/mol. The minimum Gasteiger partial charge on any atom is -0.375 e. The van der Waals surface area contributed by atoms with Crippen LogP contribution in [0.2, 0.25) is 0 Å². The molecule has 1 saturated heterocycles. The largest absolute Gasteiger partial charge is 0.375 e. The first kappa shape index (κ1) is 16.5. The lowest BCUT2D eigenvalue weighted by molar-refractivity contribution is 0.00528. The number of hydrogen-bond acceptors (Lipinski definition) is 4. The zero-order valence-electron chi connectivity index (χ0n) is 12.4. The van der Waals surface area contributed by atoms with Gasteiger partial charge in [-0.15, -0.1) is 24.0 Å². The van der Waals surface area contributed by atoms with Gasteiger partial charge in [0.25, 0.3) is 0 Å². The van der Waals surface area contributed by atoms with Gasteiger partial charge < -0.3 is 19.9 Å². The van der Waals surface area contributed by atoms with Crippen LogP contribution in [0.5, 0.6) is 0 Å². The first-order valence-electron chi connectivity index (χ1n) is 7.37. The van der Waals surface area contributed by atoms with Gasteiger partial charge in [-0.1, -0.05) is 5.16 Å². The Labute approximate surface area is 142 Å². The van der Waals surface area contributed by atoms with Gasteiger partial charge >= 0.3 is 0 Å². The van der Waals surface area contributed by atoms with Crippen molar-refractivity contribution in [2.75, 3.05) is 19.7 Å². The highest BCUT2D eigenvalue weighted by Gasteiger charge is 2.20. The Morgan fingerprint density at radius 3 is 3.05 bits per heavy atom. The summed E-state index contributed by atoms with van der Waals surface area (Å²) < 4.78 is 10.9. The Hall–Kier alpha value is -0.830. The second kappa shape index (κ2) is 7.44. The average Bonchev–Trinajstić information content (AvgIpc) is 2.88. The first-order valence-corrected chi connectivity index (χ1v) is 7.37. The summed E-state index contributed by atoms with van der Waals surface area (Å²) in [6.07, 6.45) is 4.66. The minimum absolute atomic E-state index is 0. The number of rotatable bonds is 2. The van der Waals surface area contributed by atoms with Gasteiger partial charge in [0.15, 0.2) is 5.96 Å². The van der Waals surface area contributed by atoms with Crippen LogP contribution >= 0.6 is 24.0 Å². The molecule has 2 N–H and O–H groups in total. The van der Waals surface area contributed by atoms with Crippen LogP contribution in [0.15, 0.2) is 9.52 Å². The number of morpholine rings is 1. The van der Waals surface area contributed by atoms with E-state index in [4.69, 9.17) is 15.0 Å². The molecule has 0 aromatic carbocycles. The van der Waals surface area contributed by atoms with Crippen molar-refractivity contribution in [3.8, 4) is 0 Å². The Balaban J connectivity index is 0.00000161. The quantitative estimate of drug-likeness (QED) is 0.460. The molecule has 1 aliphatic carbocycles. The van der Waals surface area contributed by atoms with Crippen LogP contribution in [0.4, 0.5) is 0 Å². The fourth-order valence-corrected chi connectivity index (χ4v) is 2.86. The molecular weight excluding hydrogens is 383 g/mol. The molecule has 3 rings (SSSR count). The minimum atomic E-state index is 0. The molecule has 1 aliphatic heterocycles. The molecule has 1 fully saturated rings. The summed E-state index contributed by atoms with van der Waals surface area (Å²) in [4.78, 5) is 6.55. The van der Waals surface area contributed by atoms with Crippen LogP contribution in [0.1, 0.15) is 36.8 Å². The maximum atomic E-state index is 6.07. The van der Waals surface area contributed by atoms with Gasteiger partial charge in [-0.05, 0) is 26.2 Å². The van der Waals surface area contributed by atoms with Gasteiger partial charge in [0.2, 0.25) is 0 Å². The lowest BCUT2D eigenvalue weighted by atomic mass is 9.96. The van der Waals surface area contributed by atoms with Gasteiger partial charge in [0.05, 0.1) is 19.3 Å². The normalized spacial score (nSPS) is 22.6.